The number of aryl methyl sites for hydroxylation is 3. The Hall–Kier alpha value is -1.61. The lowest BCUT2D eigenvalue weighted by Crippen LogP contribution is -2.08. The van der Waals surface area contributed by atoms with E-state index in [9.17, 15) is 0 Å². The Morgan fingerprint density at radius 3 is 2.43 bits per heavy atom. The summed E-state index contributed by atoms with van der Waals surface area (Å²) in [6.45, 7) is 9.46. The number of hydrogen-bond acceptors (Lipinski definition) is 2. The second-order valence-electron chi connectivity index (χ2n) is 6.04. The van der Waals surface area contributed by atoms with Crippen molar-refractivity contribution < 1.29 is 4.74 Å². The molecule has 2 rings (SSSR count). The highest BCUT2D eigenvalue weighted by Crippen LogP contribution is 2.18. The fourth-order valence-corrected chi connectivity index (χ4v) is 2.75. The van der Waals surface area contributed by atoms with Gasteiger partial charge in [0.25, 0.3) is 0 Å². The minimum atomic E-state index is 0.582. The summed E-state index contributed by atoms with van der Waals surface area (Å²) >= 11 is 0. The van der Waals surface area contributed by atoms with E-state index >= 15 is 0 Å². The van der Waals surface area contributed by atoms with Crippen LogP contribution >= 0.6 is 0 Å². The SMILES string of the molecule is COCCC(C)Cc1cc(C)cc(-n2c(C)ccc2C)n1. The molecule has 2 aromatic heterocycles. The van der Waals surface area contributed by atoms with Crippen LogP contribution in [0.2, 0.25) is 0 Å². The lowest BCUT2D eigenvalue weighted by molar-refractivity contribution is 0.180. The lowest BCUT2D eigenvalue weighted by Gasteiger charge is -2.14. The Balaban J connectivity index is 2.26. The number of pyridine rings is 1. The third kappa shape index (κ3) is 3.94. The average Bonchev–Trinajstić information content (AvgIpc) is 2.75. The number of ether oxygens (including phenoxy) is 1. The molecular formula is C18H26N2O. The van der Waals surface area contributed by atoms with Gasteiger partial charge in [-0.05, 0) is 69.4 Å². The van der Waals surface area contributed by atoms with Crippen molar-refractivity contribution in [2.75, 3.05) is 13.7 Å². The summed E-state index contributed by atoms with van der Waals surface area (Å²) in [5.74, 6) is 1.61. The molecule has 0 bridgehead atoms. The highest BCUT2D eigenvalue weighted by Gasteiger charge is 2.10. The van der Waals surface area contributed by atoms with Gasteiger partial charge in [0.2, 0.25) is 0 Å². The molecule has 0 aromatic carbocycles. The average molecular weight is 286 g/mol. The van der Waals surface area contributed by atoms with Gasteiger partial charge in [-0.25, -0.2) is 4.98 Å². The van der Waals surface area contributed by atoms with Crippen LogP contribution in [-0.2, 0) is 11.2 Å². The number of nitrogens with zero attached hydrogens (tertiary/aromatic N) is 2. The molecule has 114 valence electrons. The molecular weight excluding hydrogens is 260 g/mol. The summed E-state index contributed by atoms with van der Waals surface area (Å²) in [6.07, 6.45) is 2.07. The minimum absolute atomic E-state index is 0.582. The highest BCUT2D eigenvalue weighted by atomic mass is 16.5. The third-order valence-electron chi connectivity index (χ3n) is 3.88. The van der Waals surface area contributed by atoms with Crippen LogP contribution in [0, 0.1) is 26.7 Å². The third-order valence-corrected chi connectivity index (χ3v) is 3.88. The Labute approximate surface area is 128 Å². The van der Waals surface area contributed by atoms with Gasteiger partial charge in [-0.3, -0.25) is 0 Å². The first kappa shape index (κ1) is 15.8. The fourth-order valence-electron chi connectivity index (χ4n) is 2.75. The molecule has 21 heavy (non-hydrogen) atoms. The van der Waals surface area contributed by atoms with E-state index < -0.39 is 0 Å². The van der Waals surface area contributed by atoms with Crippen molar-refractivity contribution in [3.05, 3.63) is 46.9 Å². The van der Waals surface area contributed by atoms with Gasteiger partial charge < -0.3 is 9.30 Å². The molecule has 3 heteroatoms. The van der Waals surface area contributed by atoms with Gasteiger partial charge in [0.1, 0.15) is 5.82 Å². The van der Waals surface area contributed by atoms with Crippen LogP contribution in [0.25, 0.3) is 5.82 Å². The molecule has 0 radical (unpaired) electrons. The van der Waals surface area contributed by atoms with E-state index in [1.807, 2.05) is 0 Å². The number of rotatable bonds is 6. The zero-order chi connectivity index (χ0) is 15.4. The van der Waals surface area contributed by atoms with Crippen molar-refractivity contribution in [3.63, 3.8) is 0 Å². The Morgan fingerprint density at radius 1 is 1.14 bits per heavy atom. The maximum absolute atomic E-state index is 5.16. The zero-order valence-electron chi connectivity index (χ0n) is 13.8. The smallest absolute Gasteiger partial charge is 0.137 e. The first-order valence-corrected chi connectivity index (χ1v) is 7.63. The van der Waals surface area contributed by atoms with Crippen molar-refractivity contribution in [1.29, 1.82) is 0 Å². The van der Waals surface area contributed by atoms with Gasteiger partial charge in [-0.1, -0.05) is 6.92 Å². The second-order valence-corrected chi connectivity index (χ2v) is 6.04. The molecule has 0 aliphatic rings. The number of methoxy groups -OCH3 is 1. The van der Waals surface area contributed by atoms with Crippen molar-refractivity contribution in [1.82, 2.24) is 9.55 Å². The molecule has 3 nitrogen and oxygen atoms in total. The van der Waals surface area contributed by atoms with Crippen LogP contribution in [0.3, 0.4) is 0 Å². The van der Waals surface area contributed by atoms with E-state index in [0.717, 1.165) is 25.3 Å². The maximum Gasteiger partial charge on any atom is 0.137 e. The monoisotopic (exact) mass is 286 g/mol. The van der Waals surface area contributed by atoms with Gasteiger partial charge in [0.15, 0.2) is 0 Å². The number of aromatic nitrogens is 2. The zero-order valence-corrected chi connectivity index (χ0v) is 13.8. The van der Waals surface area contributed by atoms with Crippen molar-refractivity contribution in [2.24, 2.45) is 5.92 Å². The molecule has 0 aliphatic carbocycles. The van der Waals surface area contributed by atoms with Crippen molar-refractivity contribution in [2.45, 2.75) is 40.5 Å². The van der Waals surface area contributed by atoms with E-state index in [-0.39, 0.29) is 0 Å². The van der Waals surface area contributed by atoms with Gasteiger partial charge in [-0.15, -0.1) is 0 Å². The van der Waals surface area contributed by atoms with Crippen LogP contribution in [-0.4, -0.2) is 23.3 Å². The number of hydrogen-bond donors (Lipinski definition) is 0. The van der Waals surface area contributed by atoms with Crippen molar-refractivity contribution >= 4 is 0 Å². The Morgan fingerprint density at radius 2 is 1.81 bits per heavy atom. The molecule has 2 aromatic rings. The first-order valence-electron chi connectivity index (χ1n) is 7.63. The second kappa shape index (κ2) is 6.90. The molecule has 0 N–H and O–H groups in total. The van der Waals surface area contributed by atoms with E-state index in [1.54, 1.807) is 7.11 Å². The predicted octanol–water partition coefficient (Wildman–Crippen LogP) is 4.01. The quantitative estimate of drug-likeness (QED) is 0.802. The summed E-state index contributed by atoms with van der Waals surface area (Å²) in [7, 11) is 1.76. The standard InChI is InChI=1S/C18H26N2O/c1-13(8-9-21-5)10-17-11-14(2)12-18(19-17)20-15(3)6-7-16(20)4/h6-7,11-13H,8-10H2,1-5H3. The van der Waals surface area contributed by atoms with Crippen LogP contribution in [0.1, 0.15) is 36.0 Å². The van der Waals surface area contributed by atoms with Crippen molar-refractivity contribution in [3.8, 4) is 5.82 Å². The molecule has 0 spiro atoms. The van der Waals surface area contributed by atoms with E-state index in [1.165, 1.54) is 22.6 Å². The normalized spacial score (nSPS) is 12.6. The summed E-state index contributed by atoms with van der Waals surface area (Å²) < 4.78 is 7.38. The van der Waals surface area contributed by atoms with Gasteiger partial charge in [0, 0.05) is 30.8 Å². The molecule has 1 unspecified atom stereocenters. The van der Waals surface area contributed by atoms with Gasteiger partial charge >= 0.3 is 0 Å². The van der Waals surface area contributed by atoms with Gasteiger partial charge in [0.05, 0.1) is 0 Å². The Bertz CT molecular complexity index is 582. The highest BCUT2D eigenvalue weighted by molar-refractivity contribution is 5.35. The maximum atomic E-state index is 5.16. The molecule has 0 saturated carbocycles. The Kier molecular flexibility index (Phi) is 5.18. The van der Waals surface area contributed by atoms with Crippen LogP contribution in [0.4, 0.5) is 0 Å². The first-order chi connectivity index (χ1) is 10.0. The topological polar surface area (TPSA) is 27.1 Å². The molecule has 0 saturated heterocycles. The summed E-state index contributed by atoms with van der Waals surface area (Å²) in [4.78, 5) is 4.87. The summed E-state index contributed by atoms with van der Waals surface area (Å²) in [5, 5.41) is 0. The van der Waals surface area contributed by atoms with Crippen LogP contribution in [0.15, 0.2) is 24.3 Å². The molecule has 1 atom stereocenters. The summed E-state index contributed by atoms with van der Waals surface area (Å²) in [5.41, 5.74) is 4.88. The fraction of sp³-hybridized carbons (Fsp3) is 0.500. The predicted molar refractivity (Wildman–Crippen MR) is 87.1 cm³/mol. The molecule has 0 aliphatic heterocycles. The van der Waals surface area contributed by atoms with Crippen LogP contribution < -0.4 is 0 Å². The summed E-state index contributed by atoms with van der Waals surface area (Å²) in [6, 6.07) is 8.63. The lowest BCUT2D eigenvalue weighted by atomic mass is 10.0. The molecule has 0 fully saturated rings. The van der Waals surface area contributed by atoms with Gasteiger partial charge in [-0.2, -0.15) is 0 Å². The molecule has 2 heterocycles. The van der Waals surface area contributed by atoms with E-state index in [2.05, 4.69) is 56.5 Å². The van der Waals surface area contributed by atoms with E-state index in [0.29, 0.717) is 5.92 Å². The van der Waals surface area contributed by atoms with E-state index in [4.69, 9.17) is 9.72 Å². The largest absolute Gasteiger partial charge is 0.385 e. The molecule has 0 amide bonds. The van der Waals surface area contributed by atoms with Crippen LogP contribution in [0.5, 0.6) is 0 Å². The minimum Gasteiger partial charge on any atom is -0.385 e.